The molecule has 0 aliphatic rings. The molecule has 1 aromatic heterocycles. The van der Waals surface area contributed by atoms with Crippen molar-refractivity contribution in [1.29, 1.82) is 0 Å². The van der Waals surface area contributed by atoms with Crippen LogP contribution in [-0.4, -0.2) is 22.5 Å². The first kappa shape index (κ1) is 16.4. The second kappa shape index (κ2) is 7.40. The van der Waals surface area contributed by atoms with Gasteiger partial charge in [-0.15, -0.1) is 0 Å². The molecule has 25 heavy (non-hydrogen) atoms. The van der Waals surface area contributed by atoms with Crippen molar-refractivity contribution in [2.24, 2.45) is 0 Å². The van der Waals surface area contributed by atoms with Gasteiger partial charge in [-0.2, -0.15) is 0 Å². The summed E-state index contributed by atoms with van der Waals surface area (Å²) in [6.45, 7) is 0.223. The van der Waals surface area contributed by atoms with Crippen LogP contribution in [0.2, 0.25) is 0 Å². The fourth-order valence-corrected chi connectivity index (χ4v) is 2.61. The van der Waals surface area contributed by atoms with Crippen LogP contribution in [0.15, 0.2) is 72.8 Å². The number of benzene rings is 2. The van der Waals surface area contributed by atoms with E-state index in [4.69, 9.17) is 0 Å². The summed E-state index contributed by atoms with van der Waals surface area (Å²) in [5, 5.41) is 9.71. The number of pyridine rings is 1. The Hall–Kier alpha value is -3.47. The van der Waals surface area contributed by atoms with Crippen LogP contribution in [0.1, 0.15) is 16.1 Å². The molecule has 0 aliphatic carbocycles. The Labute approximate surface area is 145 Å². The van der Waals surface area contributed by atoms with Crippen LogP contribution in [0.3, 0.4) is 0 Å². The molecule has 0 fully saturated rings. The second-order valence-electron chi connectivity index (χ2n) is 5.44. The van der Waals surface area contributed by atoms with Crippen molar-refractivity contribution in [3.05, 3.63) is 84.1 Å². The molecule has 1 N–H and O–H groups in total. The van der Waals surface area contributed by atoms with E-state index in [1.807, 2.05) is 36.4 Å². The van der Waals surface area contributed by atoms with Crippen LogP contribution in [0, 0.1) is 0 Å². The quantitative estimate of drug-likeness (QED) is 0.709. The van der Waals surface area contributed by atoms with Gasteiger partial charge in [0.05, 0.1) is 17.9 Å². The first-order chi connectivity index (χ1) is 12.2. The highest BCUT2D eigenvalue weighted by Crippen LogP contribution is 2.30. The normalized spacial score (nSPS) is 10.2. The van der Waals surface area contributed by atoms with Gasteiger partial charge in [0.15, 0.2) is 6.29 Å². The van der Waals surface area contributed by atoms with Crippen LogP contribution in [-0.2, 0) is 6.54 Å². The summed E-state index contributed by atoms with van der Waals surface area (Å²) in [4.78, 5) is 28.4. The number of carbonyl (C=O) groups excluding carboxylic acids is 1. The van der Waals surface area contributed by atoms with Crippen LogP contribution in [0.25, 0.3) is 11.3 Å². The molecule has 0 radical (unpaired) electrons. The molecule has 5 heteroatoms. The average Bonchev–Trinajstić information content (AvgIpc) is 2.67. The van der Waals surface area contributed by atoms with Gasteiger partial charge in [0.25, 0.3) is 0 Å². The molecule has 0 bridgehead atoms. The van der Waals surface area contributed by atoms with E-state index in [1.165, 1.54) is 4.90 Å². The number of hydrogen-bond donors (Lipinski definition) is 1. The number of aldehydes is 1. The Morgan fingerprint density at radius 1 is 0.960 bits per heavy atom. The molecule has 1 heterocycles. The van der Waals surface area contributed by atoms with Gasteiger partial charge in [0.1, 0.15) is 5.69 Å². The summed E-state index contributed by atoms with van der Waals surface area (Å²) in [6.07, 6.45) is -0.381. The van der Waals surface area contributed by atoms with Crippen LogP contribution in [0.4, 0.5) is 10.5 Å². The van der Waals surface area contributed by atoms with Gasteiger partial charge in [-0.1, -0.05) is 54.6 Å². The lowest BCUT2D eigenvalue weighted by Gasteiger charge is -2.22. The molecule has 0 saturated carbocycles. The third-order valence-corrected chi connectivity index (χ3v) is 3.78. The number of rotatable bonds is 5. The smallest absolute Gasteiger partial charge is 0.412 e. The summed E-state index contributed by atoms with van der Waals surface area (Å²) in [7, 11) is 0. The number of carbonyl (C=O) groups is 2. The SMILES string of the molecule is O=Cc1cccc(-c2ccccc2N(Cc2ccccc2)C(=O)O)n1. The molecule has 3 aromatic rings. The number of hydrogen-bond acceptors (Lipinski definition) is 3. The number of carboxylic acid groups (broad SMARTS) is 1. The summed E-state index contributed by atoms with van der Waals surface area (Å²) in [5.41, 5.74) is 2.92. The number of amides is 1. The molecule has 0 aliphatic heterocycles. The third kappa shape index (κ3) is 3.72. The van der Waals surface area contributed by atoms with Gasteiger partial charge in [0.2, 0.25) is 0 Å². The van der Waals surface area contributed by atoms with E-state index in [1.54, 1.807) is 36.4 Å². The standard InChI is InChI=1S/C20H16N2O3/c23-14-16-9-6-11-18(21-16)17-10-4-5-12-19(17)22(20(24)25)13-15-7-2-1-3-8-15/h1-12,14H,13H2,(H,24,25). The van der Waals surface area contributed by atoms with E-state index in [-0.39, 0.29) is 6.54 Å². The maximum atomic E-state index is 11.9. The zero-order valence-electron chi connectivity index (χ0n) is 13.4. The topological polar surface area (TPSA) is 70.5 Å². The minimum atomic E-state index is -1.05. The van der Waals surface area contributed by atoms with E-state index in [0.717, 1.165) is 5.56 Å². The fraction of sp³-hybridized carbons (Fsp3) is 0.0500. The molecule has 124 valence electrons. The lowest BCUT2D eigenvalue weighted by Crippen LogP contribution is -2.29. The van der Waals surface area contributed by atoms with Crippen molar-refractivity contribution < 1.29 is 14.7 Å². The molecule has 3 rings (SSSR count). The van der Waals surface area contributed by atoms with E-state index in [2.05, 4.69) is 4.98 Å². The van der Waals surface area contributed by atoms with Crippen molar-refractivity contribution in [3.8, 4) is 11.3 Å². The minimum absolute atomic E-state index is 0.223. The minimum Gasteiger partial charge on any atom is -0.465 e. The van der Waals surface area contributed by atoms with E-state index in [0.29, 0.717) is 28.9 Å². The van der Waals surface area contributed by atoms with Gasteiger partial charge in [-0.25, -0.2) is 9.78 Å². The van der Waals surface area contributed by atoms with E-state index >= 15 is 0 Å². The lowest BCUT2D eigenvalue weighted by atomic mass is 10.1. The molecular formula is C20H16N2O3. The van der Waals surface area contributed by atoms with Crippen LogP contribution < -0.4 is 4.90 Å². The van der Waals surface area contributed by atoms with Crippen molar-refractivity contribution in [2.45, 2.75) is 6.54 Å². The second-order valence-corrected chi connectivity index (χ2v) is 5.44. The molecule has 1 amide bonds. The summed E-state index contributed by atoms with van der Waals surface area (Å²) in [5.74, 6) is 0. The predicted molar refractivity (Wildman–Crippen MR) is 95.7 cm³/mol. The molecule has 5 nitrogen and oxygen atoms in total. The molecular weight excluding hydrogens is 316 g/mol. The van der Waals surface area contributed by atoms with Crippen LogP contribution in [0.5, 0.6) is 0 Å². The van der Waals surface area contributed by atoms with Gasteiger partial charge in [0, 0.05) is 5.56 Å². The number of para-hydroxylation sites is 1. The Balaban J connectivity index is 2.05. The number of aromatic nitrogens is 1. The molecule has 0 saturated heterocycles. The number of anilines is 1. The fourth-order valence-electron chi connectivity index (χ4n) is 2.61. The highest BCUT2D eigenvalue weighted by molar-refractivity contribution is 5.92. The first-order valence-electron chi connectivity index (χ1n) is 7.75. The molecule has 0 spiro atoms. The predicted octanol–water partition coefficient (Wildman–Crippen LogP) is 4.25. The van der Waals surface area contributed by atoms with Gasteiger partial charge in [-0.3, -0.25) is 9.69 Å². The lowest BCUT2D eigenvalue weighted by molar-refractivity contribution is 0.111. The average molecular weight is 332 g/mol. The summed E-state index contributed by atoms with van der Waals surface area (Å²) < 4.78 is 0. The van der Waals surface area contributed by atoms with Crippen molar-refractivity contribution in [3.63, 3.8) is 0 Å². The Morgan fingerprint density at radius 3 is 2.40 bits per heavy atom. The van der Waals surface area contributed by atoms with E-state index < -0.39 is 6.09 Å². The Bertz CT molecular complexity index is 894. The summed E-state index contributed by atoms with van der Waals surface area (Å²) >= 11 is 0. The van der Waals surface area contributed by atoms with Crippen molar-refractivity contribution in [1.82, 2.24) is 4.98 Å². The van der Waals surface area contributed by atoms with Crippen molar-refractivity contribution >= 4 is 18.1 Å². The maximum Gasteiger partial charge on any atom is 0.412 e. The molecule has 0 unspecified atom stereocenters. The largest absolute Gasteiger partial charge is 0.465 e. The zero-order valence-corrected chi connectivity index (χ0v) is 13.4. The van der Waals surface area contributed by atoms with Gasteiger partial charge in [-0.05, 0) is 23.8 Å². The third-order valence-electron chi connectivity index (χ3n) is 3.78. The highest BCUT2D eigenvalue weighted by atomic mass is 16.4. The number of nitrogens with zero attached hydrogens (tertiary/aromatic N) is 2. The maximum absolute atomic E-state index is 11.9. The van der Waals surface area contributed by atoms with Crippen molar-refractivity contribution in [2.75, 3.05) is 4.90 Å². The monoisotopic (exact) mass is 332 g/mol. The molecule has 0 atom stereocenters. The molecule has 2 aromatic carbocycles. The zero-order chi connectivity index (χ0) is 17.6. The first-order valence-corrected chi connectivity index (χ1v) is 7.75. The highest BCUT2D eigenvalue weighted by Gasteiger charge is 2.19. The van der Waals surface area contributed by atoms with Gasteiger partial charge < -0.3 is 5.11 Å². The van der Waals surface area contributed by atoms with E-state index in [9.17, 15) is 14.7 Å². The van der Waals surface area contributed by atoms with Gasteiger partial charge >= 0.3 is 6.09 Å². The Kier molecular flexibility index (Phi) is 4.85. The van der Waals surface area contributed by atoms with Crippen LogP contribution >= 0.6 is 0 Å². The Morgan fingerprint density at radius 2 is 1.68 bits per heavy atom. The summed E-state index contributed by atoms with van der Waals surface area (Å²) in [6, 6.07) is 21.6.